The molecule has 4 fully saturated rings. The van der Waals surface area contributed by atoms with E-state index in [1.807, 2.05) is 19.9 Å². The molecular formula is C32H48N2O4S. The minimum atomic E-state index is -3.34. The number of fused-ring (bicyclic) bond motifs is 7. The normalized spacial score (nSPS) is 46.6. The molecule has 0 aromatic carbocycles. The minimum Gasteiger partial charge on any atom is -0.307 e. The van der Waals surface area contributed by atoms with Gasteiger partial charge in [-0.3, -0.25) is 4.79 Å². The Morgan fingerprint density at radius 3 is 2.21 bits per heavy atom. The first kappa shape index (κ1) is 29.0. The third kappa shape index (κ3) is 3.97. The van der Waals surface area contributed by atoms with Crippen molar-refractivity contribution < 1.29 is 18.0 Å². The smallest absolute Gasteiger partial charge is 0.226 e. The predicted molar refractivity (Wildman–Crippen MR) is 153 cm³/mol. The summed E-state index contributed by atoms with van der Waals surface area (Å²) < 4.78 is 27.2. The Bertz CT molecular complexity index is 1290. The molecule has 0 amide bonds. The van der Waals surface area contributed by atoms with Crippen molar-refractivity contribution in [3.05, 3.63) is 23.2 Å². The van der Waals surface area contributed by atoms with Gasteiger partial charge in [-0.1, -0.05) is 54.5 Å². The number of rotatable bonds is 3. The number of nitrogens with one attached hydrogen (secondary N) is 1. The van der Waals surface area contributed by atoms with Gasteiger partial charge in [0.15, 0.2) is 5.78 Å². The maximum absolute atomic E-state index is 14.5. The van der Waals surface area contributed by atoms with Gasteiger partial charge in [0.05, 0.1) is 12.8 Å². The van der Waals surface area contributed by atoms with Crippen molar-refractivity contribution in [2.75, 3.05) is 12.8 Å². The molecule has 6 nitrogen and oxygen atoms in total. The van der Waals surface area contributed by atoms with Crippen LogP contribution in [-0.2, 0) is 19.6 Å². The number of ketones is 2. The van der Waals surface area contributed by atoms with Crippen LogP contribution in [0.3, 0.4) is 0 Å². The molecule has 8 atom stereocenters. The molecule has 0 radical (unpaired) electrons. The van der Waals surface area contributed by atoms with Gasteiger partial charge in [0.2, 0.25) is 15.7 Å². The van der Waals surface area contributed by atoms with Crippen LogP contribution in [0.15, 0.2) is 11.8 Å². The van der Waals surface area contributed by atoms with Crippen molar-refractivity contribution in [1.29, 1.82) is 0 Å². The molecule has 5 aliphatic carbocycles. The van der Waals surface area contributed by atoms with Crippen LogP contribution in [0, 0.1) is 62.7 Å². The second-order valence-electron chi connectivity index (χ2n) is 16.1. The summed E-state index contributed by atoms with van der Waals surface area (Å²) in [6.07, 6.45) is 10.3. The molecule has 4 saturated carbocycles. The predicted octanol–water partition coefficient (Wildman–Crippen LogP) is 6.19. The quantitative estimate of drug-likeness (QED) is 0.420. The molecule has 1 unspecified atom stereocenters. The highest BCUT2D eigenvalue weighted by molar-refractivity contribution is 7.88. The number of hydrogen-bond donors (Lipinski definition) is 1. The Labute approximate surface area is 236 Å². The number of allylic oxidation sites excluding steroid dienone is 2. The van der Waals surface area contributed by atoms with E-state index in [9.17, 15) is 18.0 Å². The average molecular weight is 557 g/mol. The molecule has 5 rings (SSSR count). The van der Waals surface area contributed by atoms with Crippen LogP contribution in [0.25, 0.3) is 4.85 Å². The van der Waals surface area contributed by atoms with Crippen LogP contribution < -0.4 is 4.72 Å². The summed E-state index contributed by atoms with van der Waals surface area (Å²) in [5.74, 6) is 0.476. The van der Waals surface area contributed by atoms with E-state index >= 15 is 0 Å². The number of nitrogens with zero attached hydrogens (tertiary/aromatic N) is 1. The molecule has 0 aliphatic heterocycles. The van der Waals surface area contributed by atoms with Gasteiger partial charge in [0.25, 0.3) is 0 Å². The Hall–Kier alpha value is -1.52. The molecule has 39 heavy (non-hydrogen) atoms. The van der Waals surface area contributed by atoms with Crippen LogP contribution in [-0.4, -0.2) is 32.8 Å². The van der Waals surface area contributed by atoms with E-state index in [4.69, 9.17) is 6.57 Å². The summed E-state index contributed by atoms with van der Waals surface area (Å²) in [6, 6.07) is 0. The van der Waals surface area contributed by atoms with Gasteiger partial charge >= 0.3 is 0 Å². The van der Waals surface area contributed by atoms with Crippen molar-refractivity contribution in [2.24, 2.45) is 56.2 Å². The van der Waals surface area contributed by atoms with Crippen molar-refractivity contribution in [3.8, 4) is 0 Å². The Kier molecular flexibility index (Phi) is 6.32. The molecule has 7 heteroatoms. The number of carbonyl (C=O) groups excluding carboxylic acids is 2. The number of Topliss-reactive ketones (excluding diaryl/α,β-unsaturated/α-hetero) is 2. The summed E-state index contributed by atoms with van der Waals surface area (Å²) in [6.45, 7) is 23.8. The SMILES string of the molecule is [C-]#[N+]C1=C[C@@]2(C)C(CC[C@]3(C)[C@@H]2CC(=O)[C@@H]2[C@@H]4CC(C)(C)CC[C@]4(CNS(C)(=O)=O)CC[C@]23C)C(C)(C)C1=O. The van der Waals surface area contributed by atoms with Crippen molar-refractivity contribution >= 4 is 21.6 Å². The lowest BCUT2D eigenvalue weighted by Crippen LogP contribution is -2.69. The van der Waals surface area contributed by atoms with Crippen LogP contribution in [0.1, 0.15) is 99.8 Å². The minimum absolute atomic E-state index is 0.0555. The maximum atomic E-state index is 14.5. The third-order valence-electron chi connectivity index (χ3n) is 13.3. The van der Waals surface area contributed by atoms with E-state index in [1.165, 1.54) is 6.26 Å². The van der Waals surface area contributed by atoms with Crippen LogP contribution in [0.5, 0.6) is 0 Å². The van der Waals surface area contributed by atoms with Gasteiger partial charge in [-0.05, 0) is 89.8 Å². The first-order valence-electron chi connectivity index (χ1n) is 14.9. The largest absolute Gasteiger partial charge is 0.307 e. The van der Waals surface area contributed by atoms with E-state index in [-0.39, 0.29) is 56.8 Å². The van der Waals surface area contributed by atoms with Gasteiger partial charge in [0.1, 0.15) is 5.78 Å². The highest BCUT2D eigenvalue weighted by atomic mass is 32.2. The van der Waals surface area contributed by atoms with Gasteiger partial charge in [-0.25, -0.2) is 18.0 Å². The fourth-order valence-electron chi connectivity index (χ4n) is 11.0. The van der Waals surface area contributed by atoms with Crippen LogP contribution >= 0.6 is 0 Å². The molecule has 5 aliphatic rings. The summed E-state index contributed by atoms with van der Waals surface area (Å²) in [4.78, 5) is 31.5. The summed E-state index contributed by atoms with van der Waals surface area (Å²) in [7, 11) is -3.34. The van der Waals surface area contributed by atoms with Crippen LogP contribution in [0.2, 0.25) is 0 Å². The average Bonchev–Trinajstić information content (AvgIpc) is 2.81. The summed E-state index contributed by atoms with van der Waals surface area (Å²) >= 11 is 0. The molecule has 0 spiro atoms. The van der Waals surface area contributed by atoms with E-state index in [0.29, 0.717) is 18.7 Å². The van der Waals surface area contributed by atoms with Gasteiger partial charge in [-0.15, -0.1) is 0 Å². The Morgan fingerprint density at radius 2 is 1.59 bits per heavy atom. The number of carbonyl (C=O) groups is 2. The molecule has 1 N–H and O–H groups in total. The third-order valence-corrected chi connectivity index (χ3v) is 14.0. The standard InChI is InChI=1S/C32H48N2O4S/c1-27(2)12-14-32(19-34-39(9,37)38)15-13-31(7)25(20(32)17-27)22(35)16-24-29(5)18-21(33-8)26(36)28(3,4)23(29)10-11-30(24,31)6/h18,20,23-25,34H,10-17,19H2,1-7,9H3/t20-,23?,24+,25-,29-,30+,31+,32+/m0/s1. The summed E-state index contributed by atoms with van der Waals surface area (Å²) in [5, 5.41) is 0. The fourth-order valence-corrected chi connectivity index (χ4v) is 11.5. The Balaban J connectivity index is 1.61. The monoisotopic (exact) mass is 556 g/mol. The van der Waals surface area contributed by atoms with E-state index in [2.05, 4.69) is 44.2 Å². The topological polar surface area (TPSA) is 84.7 Å². The number of hydrogen-bond acceptors (Lipinski definition) is 4. The lowest BCUT2D eigenvalue weighted by atomic mass is 9.31. The van der Waals surface area contributed by atoms with Gasteiger partial charge < -0.3 is 4.79 Å². The zero-order valence-corrected chi connectivity index (χ0v) is 26.1. The molecule has 216 valence electrons. The highest BCUT2D eigenvalue weighted by Gasteiger charge is 2.72. The first-order valence-corrected chi connectivity index (χ1v) is 16.8. The highest BCUT2D eigenvalue weighted by Crippen LogP contribution is 2.75. The van der Waals surface area contributed by atoms with E-state index < -0.39 is 20.9 Å². The first-order chi connectivity index (χ1) is 17.8. The van der Waals surface area contributed by atoms with Gasteiger partial charge in [0, 0.05) is 24.3 Å². The molecular weight excluding hydrogens is 508 g/mol. The zero-order valence-electron chi connectivity index (χ0n) is 25.2. The Morgan fingerprint density at radius 1 is 0.949 bits per heavy atom. The zero-order chi connectivity index (χ0) is 29.0. The molecule has 0 bridgehead atoms. The molecule has 0 saturated heterocycles. The van der Waals surface area contributed by atoms with Crippen molar-refractivity contribution in [1.82, 2.24) is 4.72 Å². The second kappa shape index (κ2) is 8.51. The van der Waals surface area contributed by atoms with Crippen molar-refractivity contribution in [3.63, 3.8) is 0 Å². The molecule has 0 aromatic rings. The molecule has 0 heterocycles. The van der Waals surface area contributed by atoms with E-state index in [1.54, 1.807) is 0 Å². The van der Waals surface area contributed by atoms with E-state index in [0.717, 1.165) is 44.9 Å². The molecule has 0 aromatic heterocycles. The van der Waals surface area contributed by atoms with Crippen molar-refractivity contribution in [2.45, 2.75) is 99.8 Å². The number of sulfonamides is 1. The fraction of sp³-hybridized carbons (Fsp3) is 0.844. The summed E-state index contributed by atoms with van der Waals surface area (Å²) in [5.41, 5.74) is -1.20. The maximum Gasteiger partial charge on any atom is 0.226 e. The van der Waals surface area contributed by atoms with Gasteiger partial charge in [-0.2, -0.15) is 0 Å². The lowest BCUT2D eigenvalue weighted by Gasteiger charge is -2.72. The van der Waals surface area contributed by atoms with Crippen LogP contribution in [0.4, 0.5) is 0 Å². The second-order valence-corrected chi connectivity index (χ2v) is 17.9. The lowest BCUT2D eigenvalue weighted by molar-refractivity contribution is -0.221.